The lowest BCUT2D eigenvalue weighted by molar-refractivity contribution is 0.379. The van der Waals surface area contributed by atoms with Crippen LogP contribution in [0.5, 0.6) is 0 Å². The van der Waals surface area contributed by atoms with Crippen LogP contribution in [0.4, 0.5) is 5.69 Å². The minimum atomic E-state index is -0.0336. The number of rotatable bonds is 4. The van der Waals surface area contributed by atoms with Gasteiger partial charge in [-0.05, 0) is 25.0 Å². The number of oxazole rings is 1. The first-order valence-electron chi connectivity index (χ1n) is 9.68. The molecule has 2 heterocycles. The maximum absolute atomic E-state index is 5.84. The topological polar surface area (TPSA) is 65.7 Å². The summed E-state index contributed by atoms with van der Waals surface area (Å²) < 4.78 is 5.84. The molecule has 1 atom stereocenters. The van der Waals surface area contributed by atoms with Crippen LogP contribution in [0.3, 0.4) is 0 Å². The zero-order chi connectivity index (χ0) is 19.3. The van der Waals surface area contributed by atoms with Crippen molar-refractivity contribution in [2.45, 2.75) is 51.6 Å². The van der Waals surface area contributed by atoms with Crippen LogP contribution >= 0.6 is 0 Å². The number of benzene rings is 1. The Kier molecular flexibility index (Phi) is 6.04. The first-order valence-corrected chi connectivity index (χ1v) is 9.68. The Morgan fingerprint density at radius 3 is 2.74 bits per heavy atom. The monoisotopic (exact) mass is 369 g/mol. The summed E-state index contributed by atoms with van der Waals surface area (Å²) >= 11 is 0. The fourth-order valence-corrected chi connectivity index (χ4v) is 3.25. The highest BCUT2D eigenvalue weighted by Crippen LogP contribution is 2.22. The quantitative estimate of drug-likeness (QED) is 0.639. The Balaban J connectivity index is 1.53. The zero-order valence-electron chi connectivity index (χ0n) is 16.8. The summed E-state index contributed by atoms with van der Waals surface area (Å²) in [5.74, 6) is 2.36. The Labute approximate surface area is 162 Å². The van der Waals surface area contributed by atoms with Crippen molar-refractivity contribution in [2.24, 2.45) is 4.99 Å². The van der Waals surface area contributed by atoms with E-state index in [0.717, 1.165) is 37.7 Å². The van der Waals surface area contributed by atoms with Gasteiger partial charge < -0.3 is 20.0 Å². The number of aliphatic imine (C=N–C) groups is 1. The first-order chi connectivity index (χ1) is 13.0. The second kappa shape index (κ2) is 8.46. The molecule has 0 saturated carbocycles. The van der Waals surface area contributed by atoms with Gasteiger partial charge in [0.25, 0.3) is 0 Å². The molecular formula is C21H31N5O. The molecule has 2 aromatic rings. The fraction of sp³-hybridized carbons (Fsp3) is 0.524. The van der Waals surface area contributed by atoms with Crippen LogP contribution in [-0.4, -0.2) is 37.1 Å². The van der Waals surface area contributed by atoms with Gasteiger partial charge >= 0.3 is 0 Å². The Bertz CT molecular complexity index is 747. The SMILES string of the molecule is CN=C(NCc1ncc(C(C)(C)C)o1)NC1CCCN(c2ccccc2)C1. The molecule has 0 amide bonds. The van der Waals surface area contributed by atoms with Crippen molar-refractivity contribution in [1.29, 1.82) is 0 Å². The maximum Gasteiger partial charge on any atom is 0.213 e. The molecule has 1 aromatic heterocycles. The van der Waals surface area contributed by atoms with Gasteiger partial charge in [-0.3, -0.25) is 4.99 Å². The molecule has 0 radical (unpaired) electrons. The van der Waals surface area contributed by atoms with E-state index in [2.05, 4.69) is 76.6 Å². The van der Waals surface area contributed by atoms with Gasteiger partial charge in [0.05, 0.1) is 12.7 Å². The minimum Gasteiger partial charge on any atom is -0.443 e. The Morgan fingerprint density at radius 1 is 1.30 bits per heavy atom. The predicted octanol–water partition coefficient (Wildman–Crippen LogP) is 3.31. The second-order valence-electron chi connectivity index (χ2n) is 8.06. The van der Waals surface area contributed by atoms with E-state index in [-0.39, 0.29) is 5.41 Å². The van der Waals surface area contributed by atoms with E-state index in [1.54, 1.807) is 7.05 Å². The van der Waals surface area contributed by atoms with Crippen LogP contribution in [0.2, 0.25) is 0 Å². The number of nitrogens with one attached hydrogen (secondary N) is 2. The third-order valence-corrected chi connectivity index (χ3v) is 4.81. The molecule has 0 bridgehead atoms. The van der Waals surface area contributed by atoms with Gasteiger partial charge in [-0.15, -0.1) is 0 Å². The Hall–Kier alpha value is -2.50. The lowest BCUT2D eigenvalue weighted by atomic mass is 9.94. The zero-order valence-corrected chi connectivity index (χ0v) is 16.8. The molecule has 1 saturated heterocycles. The molecule has 1 fully saturated rings. The lowest BCUT2D eigenvalue weighted by Gasteiger charge is -2.35. The van der Waals surface area contributed by atoms with Crippen molar-refractivity contribution in [3.8, 4) is 0 Å². The van der Waals surface area contributed by atoms with Crippen molar-refractivity contribution < 1.29 is 4.42 Å². The number of hydrogen-bond donors (Lipinski definition) is 2. The number of piperidine rings is 1. The summed E-state index contributed by atoms with van der Waals surface area (Å²) in [5.41, 5.74) is 1.25. The highest BCUT2D eigenvalue weighted by atomic mass is 16.4. The van der Waals surface area contributed by atoms with E-state index in [0.29, 0.717) is 18.5 Å². The van der Waals surface area contributed by atoms with Crippen LogP contribution in [-0.2, 0) is 12.0 Å². The van der Waals surface area contributed by atoms with Gasteiger partial charge in [0.1, 0.15) is 5.76 Å². The largest absolute Gasteiger partial charge is 0.443 e. The van der Waals surface area contributed by atoms with E-state index >= 15 is 0 Å². The molecule has 27 heavy (non-hydrogen) atoms. The summed E-state index contributed by atoms with van der Waals surface area (Å²) in [6.45, 7) is 8.94. The maximum atomic E-state index is 5.84. The van der Waals surface area contributed by atoms with Crippen molar-refractivity contribution in [1.82, 2.24) is 15.6 Å². The van der Waals surface area contributed by atoms with Crippen LogP contribution < -0.4 is 15.5 Å². The van der Waals surface area contributed by atoms with Gasteiger partial charge in [-0.1, -0.05) is 39.0 Å². The van der Waals surface area contributed by atoms with Crippen molar-refractivity contribution in [3.05, 3.63) is 48.2 Å². The average molecular weight is 370 g/mol. The normalized spacial score (nSPS) is 18.4. The average Bonchev–Trinajstić information content (AvgIpc) is 3.15. The summed E-state index contributed by atoms with van der Waals surface area (Å²) in [4.78, 5) is 11.2. The standard InChI is InChI=1S/C21H31N5O/c1-21(2,3)18-13-23-19(27-18)14-24-20(22-4)25-16-9-8-12-26(15-16)17-10-6-5-7-11-17/h5-7,10-11,13,16H,8-9,12,14-15H2,1-4H3,(H2,22,24,25). The first kappa shape index (κ1) is 19.3. The van der Waals surface area contributed by atoms with E-state index < -0.39 is 0 Å². The predicted molar refractivity (Wildman–Crippen MR) is 110 cm³/mol. The van der Waals surface area contributed by atoms with Crippen molar-refractivity contribution in [2.75, 3.05) is 25.0 Å². The molecule has 1 aliphatic rings. The molecule has 2 N–H and O–H groups in total. The molecule has 1 aromatic carbocycles. The molecule has 3 rings (SSSR count). The molecule has 6 heteroatoms. The van der Waals surface area contributed by atoms with E-state index in [4.69, 9.17) is 4.42 Å². The number of anilines is 1. The van der Waals surface area contributed by atoms with Crippen molar-refractivity contribution in [3.63, 3.8) is 0 Å². The molecule has 1 aliphatic heterocycles. The molecule has 146 valence electrons. The number of para-hydroxylation sites is 1. The van der Waals surface area contributed by atoms with E-state index in [1.807, 2.05) is 6.20 Å². The number of guanidine groups is 1. The van der Waals surface area contributed by atoms with Crippen LogP contribution in [0, 0.1) is 0 Å². The highest BCUT2D eigenvalue weighted by molar-refractivity contribution is 5.80. The second-order valence-corrected chi connectivity index (χ2v) is 8.06. The van der Waals surface area contributed by atoms with Crippen molar-refractivity contribution >= 4 is 11.6 Å². The van der Waals surface area contributed by atoms with Crippen LogP contribution in [0.1, 0.15) is 45.3 Å². The smallest absolute Gasteiger partial charge is 0.213 e. The third-order valence-electron chi connectivity index (χ3n) is 4.81. The molecule has 0 spiro atoms. The minimum absolute atomic E-state index is 0.0336. The summed E-state index contributed by atoms with van der Waals surface area (Å²) in [5, 5.41) is 6.86. The van der Waals surface area contributed by atoms with Gasteiger partial charge in [0.15, 0.2) is 5.96 Å². The summed E-state index contributed by atoms with van der Waals surface area (Å²) in [6, 6.07) is 10.9. The van der Waals surface area contributed by atoms with E-state index in [1.165, 1.54) is 5.69 Å². The van der Waals surface area contributed by atoms with Crippen LogP contribution in [0.15, 0.2) is 45.9 Å². The molecule has 0 aliphatic carbocycles. The number of aromatic nitrogens is 1. The Morgan fingerprint density at radius 2 is 2.07 bits per heavy atom. The molecule has 6 nitrogen and oxygen atoms in total. The molecule has 1 unspecified atom stereocenters. The summed E-state index contributed by atoms with van der Waals surface area (Å²) in [7, 11) is 1.79. The third kappa shape index (κ3) is 5.25. The van der Waals surface area contributed by atoms with Crippen LogP contribution in [0.25, 0.3) is 0 Å². The highest BCUT2D eigenvalue weighted by Gasteiger charge is 2.22. The van der Waals surface area contributed by atoms with Gasteiger partial charge in [-0.25, -0.2) is 4.98 Å². The van der Waals surface area contributed by atoms with E-state index in [9.17, 15) is 0 Å². The number of nitrogens with zero attached hydrogens (tertiary/aromatic N) is 3. The van der Waals surface area contributed by atoms with Gasteiger partial charge in [-0.2, -0.15) is 0 Å². The number of hydrogen-bond acceptors (Lipinski definition) is 4. The van der Waals surface area contributed by atoms with Gasteiger partial charge in [0.2, 0.25) is 5.89 Å². The fourth-order valence-electron chi connectivity index (χ4n) is 3.25. The lowest BCUT2D eigenvalue weighted by Crippen LogP contribution is -2.51. The van der Waals surface area contributed by atoms with Gasteiger partial charge in [0, 0.05) is 37.3 Å². The summed E-state index contributed by atoms with van der Waals surface area (Å²) in [6.07, 6.45) is 4.11. The molecular weight excluding hydrogens is 338 g/mol.